The predicted molar refractivity (Wildman–Crippen MR) is 106 cm³/mol. The van der Waals surface area contributed by atoms with Crippen molar-refractivity contribution in [1.29, 1.82) is 0 Å². The molecule has 2 heterocycles. The third kappa shape index (κ3) is 3.83. The molecule has 0 atom stereocenters. The smallest absolute Gasteiger partial charge is 0.311 e. The van der Waals surface area contributed by atoms with Gasteiger partial charge >= 0.3 is 5.97 Å². The molecule has 7 nitrogen and oxygen atoms in total. The Hall–Kier alpha value is -3.74. The first-order valence-electron chi connectivity index (χ1n) is 8.96. The van der Waals surface area contributed by atoms with E-state index >= 15 is 0 Å². The van der Waals surface area contributed by atoms with E-state index in [2.05, 4.69) is 49.5 Å². The average molecular weight is 373 g/mol. The van der Waals surface area contributed by atoms with E-state index in [9.17, 15) is 4.79 Å². The van der Waals surface area contributed by atoms with Gasteiger partial charge in [-0.2, -0.15) is 0 Å². The molecule has 2 aromatic carbocycles. The monoisotopic (exact) mass is 373 g/mol. The number of fused-ring (bicyclic) bond motifs is 1. The Kier molecular flexibility index (Phi) is 4.97. The van der Waals surface area contributed by atoms with Crippen LogP contribution in [0.25, 0.3) is 11.2 Å². The lowest BCUT2D eigenvalue weighted by atomic mass is 9.91. The van der Waals surface area contributed by atoms with Crippen LogP contribution in [0.2, 0.25) is 0 Å². The van der Waals surface area contributed by atoms with Crippen molar-refractivity contribution in [3.8, 4) is 0 Å². The van der Waals surface area contributed by atoms with E-state index in [4.69, 9.17) is 5.11 Å². The number of H-pyrrole nitrogens is 1. The van der Waals surface area contributed by atoms with Gasteiger partial charge in [-0.1, -0.05) is 60.7 Å². The van der Waals surface area contributed by atoms with Gasteiger partial charge < -0.3 is 15.4 Å². The van der Waals surface area contributed by atoms with Gasteiger partial charge in [-0.3, -0.25) is 4.79 Å². The van der Waals surface area contributed by atoms with Crippen LogP contribution in [-0.4, -0.2) is 37.6 Å². The van der Waals surface area contributed by atoms with Gasteiger partial charge in [0.25, 0.3) is 0 Å². The topological polar surface area (TPSA) is 104 Å². The summed E-state index contributed by atoms with van der Waals surface area (Å²) in [5.74, 6) is -0.0910. The molecular weight excluding hydrogens is 354 g/mol. The number of carbonyl (C=O) groups is 1. The minimum atomic E-state index is -0.979. The summed E-state index contributed by atoms with van der Waals surface area (Å²) >= 11 is 0. The molecule has 0 fully saturated rings. The second-order valence-electron chi connectivity index (χ2n) is 6.41. The van der Waals surface area contributed by atoms with E-state index in [-0.39, 0.29) is 18.2 Å². The summed E-state index contributed by atoms with van der Waals surface area (Å²) in [6.45, 7) is 0.589. The van der Waals surface area contributed by atoms with E-state index in [0.717, 1.165) is 0 Å². The highest BCUT2D eigenvalue weighted by molar-refractivity contribution is 5.83. The highest BCUT2D eigenvalue weighted by Crippen LogP contribution is 2.26. The minimum absolute atomic E-state index is 0.110. The number of benzene rings is 2. The fourth-order valence-electron chi connectivity index (χ4n) is 3.22. The molecule has 0 saturated carbocycles. The first kappa shape index (κ1) is 17.7. The van der Waals surface area contributed by atoms with Crippen LogP contribution in [-0.2, 0) is 11.2 Å². The Morgan fingerprint density at radius 3 is 2.25 bits per heavy atom. The van der Waals surface area contributed by atoms with Gasteiger partial charge in [0.15, 0.2) is 11.5 Å². The lowest BCUT2D eigenvalue weighted by Gasteiger charge is -2.19. The number of nitrogens with one attached hydrogen (secondary N) is 2. The SMILES string of the molecule is O=C(O)Cc1nc(NCC(c2ccccc2)c2ccccc2)c2[nH]cnc2n1. The fourth-order valence-corrected chi connectivity index (χ4v) is 3.22. The number of hydrogen-bond donors (Lipinski definition) is 3. The number of anilines is 1. The quantitative estimate of drug-likeness (QED) is 0.459. The number of aliphatic carboxylic acids is 1. The first-order chi connectivity index (χ1) is 13.7. The summed E-state index contributed by atoms with van der Waals surface area (Å²) in [7, 11) is 0. The largest absolute Gasteiger partial charge is 0.481 e. The maximum absolute atomic E-state index is 11.1. The molecule has 0 unspecified atom stereocenters. The highest BCUT2D eigenvalue weighted by Gasteiger charge is 2.17. The number of aromatic nitrogens is 4. The van der Waals surface area contributed by atoms with Gasteiger partial charge in [-0.25, -0.2) is 15.0 Å². The number of carboxylic acid groups (broad SMARTS) is 1. The summed E-state index contributed by atoms with van der Waals surface area (Å²) in [5.41, 5.74) is 3.47. The van der Waals surface area contributed by atoms with Crippen molar-refractivity contribution in [2.75, 3.05) is 11.9 Å². The molecule has 3 N–H and O–H groups in total. The lowest BCUT2D eigenvalue weighted by Crippen LogP contribution is -2.16. The molecule has 0 radical (unpaired) electrons. The Labute approximate surface area is 161 Å². The zero-order valence-corrected chi connectivity index (χ0v) is 15.0. The summed E-state index contributed by atoms with van der Waals surface area (Å²) in [6.07, 6.45) is 1.28. The van der Waals surface area contributed by atoms with Crippen LogP contribution in [0.1, 0.15) is 22.9 Å². The van der Waals surface area contributed by atoms with Gasteiger partial charge in [0, 0.05) is 12.5 Å². The summed E-state index contributed by atoms with van der Waals surface area (Å²) in [5, 5.41) is 12.4. The molecule has 7 heteroatoms. The van der Waals surface area contributed by atoms with Crippen LogP contribution < -0.4 is 5.32 Å². The zero-order chi connectivity index (χ0) is 19.3. The summed E-state index contributed by atoms with van der Waals surface area (Å²) < 4.78 is 0. The van der Waals surface area contributed by atoms with Crippen molar-refractivity contribution in [3.63, 3.8) is 0 Å². The number of nitrogens with zero attached hydrogens (tertiary/aromatic N) is 3. The third-order valence-electron chi connectivity index (χ3n) is 4.52. The molecule has 28 heavy (non-hydrogen) atoms. The molecule has 4 aromatic rings. The Morgan fingerprint density at radius 2 is 1.64 bits per heavy atom. The Morgan fingerprint density at radius 1 is 1.00 bits per heavy atom. The van der Waals surface area contributed by atoms with Crippen LogP contribution >= 0.6 is 0 Å². The molecule has 0 saturated heterocycles. The van der Waals surface area contributed by atoms with Crippen molar-refractivity contribution < 1.29 is 9.90 Å². The molecule has 0 aliphatic rings. The third-order valence-corrected chi connectivity index (χ3v) is 4.52. The summed E-state index contributed by atoms with van der Waals surface area (Å²) in [6, 6.07) is 20.5. The van der Waals surface area contributed by atoms with E-state index < -0.39 is 5.97 Å². The maximum atomic E-state index is 11.1. The average Bonchev–Trinajstić information content (AvgIpc) is 3.18. The molecule has 0 bridgehead atoms. The molecule has 0 amide bonds. The standard InChI is InChI=1S/C21H19N5O2/c27-18(28)11-17-25-20(19-21(26-17)24-13-23-19)22-12-16(14-7-3-1-4-8-14)15-9-5-2-6-10-15/h1-10,13,16H,11-12H2,(H,27,28)(H2,22,23,24,25,26). The van der Waals surface area contributed by atoms with Gasteiger partial charge in [-0.05, 0) is 11.1 Å². The molecule has 0 aliphatic carbocycles. The Bertz CT molecular complexity index is 1040. The van der Waals surface area contributed by atoms with Crippen molar-refractivity contribution >= 4 is 23.0 Å². The number of carboxylic acids is 1. The van der Waals surface area contributed by atoms with Crippen LogP contribution in [0.15, 0.2) is 67.0 Å². The second kappa shape index (κ2) is 7.87. The molecule has 2 aromatic heterocycles. The van der Waals surface area contributed by atoms with Crippen molar-refractivity contribution in [2.24, 2.45) is 0 Å². The van der Waals surface area contributed by atoms with Crippen LogP contribution in [0.5, 0.6) is 0 Å². The highest BCUT2D eigenvalue weighted by atomic mass is 16.4. The minimum Gasteiger partial charge on any atom is -0.481 e. The van der Waals surface area contributed by atoms with Crippen LogP contribution in [0.3, 0.4) is 0 Å². The second-order valence-corrected chi connectivity index (χ2v) is 6.41. The predicted octanol–water partition coefficient (Wildman–Crippen LogP) is 3.22. The Balaban J connectivity index is 1.66. The lowest BCUT2D eigenvalue weighted by molar-refractivity contribution is -0.136. The maximum Gasteiger partial charge on any atom is 0.311 e. The van der Waals surface area contributed by atoms with E-state index in [1.807, 2.05) is 36.4 Å². The van der Waals surface area contributed by atoms with Gasteiger partial charge in [0.05, 0.1) is 6.33 Å². The number of hydrogen-bond acceptors (Lipinski definition) is 5. The van der Waals surface area contributed by atoms with Crippen LogP contribution in [0.4, 0.5) is 5.82 Å². The van der Waals surface area contributed by atoms with Crippen LogP contribution in [0, 0.1) is 0 Å². The normalized spacial score (nSPS) is 11.0. The van der Waals surface area contributed by atoms with E-state index in [0.29, 0.717) is 23.5 Å². The molecule has 4 rings (SSSR count). The molecule has 140 valence electrons. The van der Waals surface area contributed by atoms with Gasteiger partial charge in [-0.15, -0.1) is 0 Å². The van der Waals surface area contributed by atoms with E-state index in [1.54, 1.807) is 0 Å². The van der Waals surface area contributed by atoms with Gasteiger partial charge in [0.1, 0.15) is 17.8 Å². The van der Waals surface area contributed by atoms with Crippen molar-refractivity contribution in [1.82, 2.24) is 19.9 Å². The van der Waals surface area contributed by atoms with Crippen molar-refractivity contribution in [2.45, 2.75) is 12.3 Å². The number of imidazole rings is 1. The van der Waals surface area contributed by atoms with Gasteiger partial charge in [0.2, 0.25) is 0 Å². The summed E-state index contributed by atoms with van der Waals surface area (Å²) in [4.78, 5) is 26.8. The first-order valence-corrected chi connectivity index (χ1v) is 8.96. The molecular formula is C21H19N5O2. The molecule has 0 spiro atoms. The zero-order valence-electron chi connectivity index (χ0n) is 15.0. The number of rotatable bonds is 7. The number of aromatic amines is 1. The van der Waals surface area contributed by atoms with E-state index in [1.165, 1.54) is 17.5 Å². The molecule has 0 aliphatic heterocycles. The fraction of sp³-hybridized carbons (Fsp3) is 0.143. The van der Waals surface area contributed by atoms with Crippen molar-refractivity contribution in [3.05, 3.63) is 83.9 Å².